The molecule has 134 valence electrons. The van der Waals surface area contributed by atoms with Crippen LogP contribution in [0.3, 0.4) is 0 Å². The van der Waals surface area contributed by atoms with Crippen molar-refractivity contribution in [3.63, 3.8) is 0 Å². The number of nitrogens with zero attached hydrogens (tertiary/aromatic N) is 1. The second-order valence-corrected chi connectivity index (χ2v) is 6.91. The molecule has 9 heteroatoms. The number of ether oxygens (including phenoxy) is 3. The number of carbonyl (C=O) groups is 2. The Balaban J connectivity index is 2.30. The van der Waals surface area contributed by atoms with E-state index in [0.29, 0.717) is 27.1 Å². The number of thiocarbonyl (C=S) groups is 1. The van der Waals surface area contributed by atoms with Crippen molar-refractivity contribution in [2.24, 2.45) is 0 Å². The van der Waals surface area contributed by atoms with Crippen molar-refractivity contribution in [3.05, 3.63) is 27.6 Å². The molecule has 1 aliphatic rings. The third-order valence-electron chi connectivity index (χ3n) is 3.30. The van der Waals surface area contributed by atoms with Crippen LogP contribution in [0.1, 0.15) is 12.5 Å². The molecule has 1 heterocycles. The van der Waals surface area contributed by atoms with Crippen molar-refractivity contribution in [2.75, 3.05) is 27.4 Å². The van der Waals surface area contributed by atoms with E-state index in [1.165, 1.54) is 30.9 Å². The molecule has 0 aromatic heterocycles. The minimum Gasteiger partial charge on any atom is -0.493 e. The molecule has 6 nitrogen and oxygen atoms in total. The van der Waals surface area contributed by atoms with Gasteiger partial charge in [-0.15, -0.1) is 0 Å². The molecular weight excluding hydrogens is 386 g/mol. The van der Waals surface area contributed by atoms with E-state index in [1.807, 2.05) is 6.92 Å². The standard InChI is InChI=1S/C16H16ClNO5S2/c1-4-18-15(20)12(25-16(18)24)7-9-5-10(17)14(11(6-9)21-2)23-8-13(19)22-3/h5-7H,4,8H2,1-3H3. The first kappa shape index (κ1) is 19.6. The van der Waals surface area contributed by atoms with Crippen LogP contribution in [-0.4, -0.2) is 48.5 Å². The van der Waals surface area contributed by atoms with Gasteiger partial charge in [-0.1, -0.05) is 35.6 Å². The summed E-state index contributed by atoms with van der Waals surface area (Å²) >= 11 is 12.7. The Labute approximate surface area is 160 Å². The quantitative estimate of drug-likeness (QED) is 0.412. The van der Waals surface area contributed by atoms with Gasteiger partial charge in [0.1, 0.15) is 4.32 Å². The average Bonchev–Trinajstić information content (AvgIpc) is 2.86. The summed E-state index contributed by atoms with van der Waals surface area (Å²) in [5.74, 6) is -0.106. The van der Waals surface area contributed by atoms with Crippen molar-refractivity contribution in [1.29, 1.82) is 0 Å². The Kier molecular flexibility index (Phi) is 6.69. The van der Waals surface area contributed by atoms with Crippen LogP contribution in [0.25, 0.3) is 6.08 Å². The van der Waals surface area contributed by atoms with Crippen LogP contribution in [0.15, 0.2) is 17.0 Å². The van der Waals surface area contributed by atoms with Crippen LogP contribution < -0.4 is 9.47 Å². The first-order chi connectivity index (χ1) is 11.9. The topological polar surface area (TPSA) is 65.1 Å². The summed E-state index contributed by atoms with van der Waals surface area (Å²) in [7, 11) is 2.72. The molecule has 0 spiro atoms. The fraction of sp³-hybridized carbons (Fsp3) is 0.312. The summed E-state index contributed by atoms with van der Waals surface area (Å²) in [4.78, 5) is 25.5. The van der Waals surface area contributed by atoms with E-state index in [0.717, 1.165) is 0 Å². The molecule has 2 rings (SSSR count). The van der Waals surface area contributed by atoms with Gasteiger partial charge in [0, 0.05) is 6.54 Å². The van der Waals surface area contributed by atoms with Crippen LogP contribution in [0.2, 0.25) is 5.02 Å². The van der Waals surface area contributed by atoms with Crippen LogP contribution in [0.5, 0.6) is 11.5 Å². The monoisotopic (exact) mass is 401 g/mol. The van der Waals surface area contributed by atoms with Gasteiger partial charge in [0.15, 0.2) is 18.1 Å². The number of methoxy groups -OCH3 is 2. The zero-order chi connectivity index (χ0) is 18.6. The van der Waals surface area contributed by atoms with Gasteiger partial charge >= 0.3 is 5.97 Å². The van der Waals surface area contributed by atoms with Crippen molar-refractivity contribution >= 4 is 57.9 Å². The van der Waals surface area contributed by atoms with Gasteiger partial charge in [0.05, 0.1) is 24.1 Å². The van der Waals surface area contributed by atoms with Crippen LogP contribution in [0.4, 0.5) is 0 Å². The molecular formula is C16H16ClNO5S2. The van der Waals surface area contributed by atoms with Gasteiger partial charge < -0.3 is 14.2 Å². The summed E-state index contributed by atoms with van der Waals surface area (Å²) in [5, 5.41) is 0.250. The maximum absolute atomic E-state index is 12.3. The van der Waals surface area contributed by atoms with Crippen molar-refractivity contribution in [1.82, 2.24) is 4.90 Å². The number of likely N-dealkylation sites (N-methyl/N-ethyl adjacent to an activating group) is 1. The lowest BCUT2D eigenvalue weighted by molar-refractivity contribution is -0.142. The minimum atomic E-state index is -0.537. The average molecular weight is 402 g/mol. The lowest BCUT2D eigenvalue weighted by Crippen LogP contribution is -2.27. The van der Waals surface area contributed by atoms with Crippen LogP contribution >= 0.6 is 35.6 Å². The van der Waals surface area contributed by atoms with Gasteiger partial charge in [-0.2, -0.15) is 0 Å². The normalized spacial score (nSPS) is 15.7. The molecule has 1 aromatic carbocycles. The van der Waals surface area contributed by atoms with Gasteiger partial charge in [0.2, 0.25) is 0 Å². The SMILES string of the molecule is CCN1C(=O)C(=Cc2cc(Cl)c(OCC(=O)OC)c(OC)c2)SC1=S. The molecule has 1 saturated heterocycles. The summed E-state index contributed by atoms with van der Waals surface area (Å²) in [5.41, 5.74) is 0.656. The lowest BCUT2D eigenvalue weighted by atomic mass is 10.1. The molecule has 0 atom stereocenters. The number of halogens is 1. The van der Waals surface area contributed by atoms with Crippen LogP contribution in [0, 0.1) is 0 Å². The highest BCUT2D eigenvalue weighted by molar-refractivity contribution is 8.26. The van der Waals surface area contributed by atoms with E-state index in [2.05, 4.69) is 4.74 Å². The predicted molar refractivity (Wildman–Crippen MR) is 101 cm³/mol. The highest BCUT2D eigenvalue weighted by Crippen LogP contribution is 2.39. The molecule has 0 bridgehead atoms. The van der Waals surface area contributed by atoms with Gasteiger partial charge in [-0.25, -0.2) is 4.79 Å². The zero-order valence-electron chi connectivity index (χ0n) is 13.8. The second kappa shape index (κ2) is 8.55. The maximum Gasteiger partial charge on any atom is 0.343 e. The third kappa shape index (κ3) is 4.45. The predicted octanol–water partition coefficient (Wildman–Crippen LogP) is 3.12. The van der Waals surface area contributed by atoms with Crippen molar-refractivity contribution in [2.45, 2.75) is 6.92 Å². The fourth-order valence-electron chi connectivity index (χ4n) is 2.08. The molecule has 0 radical (unpaired) electrons. The number of hydrogen-bond donors (Lipinski definition) is 0. The molecule has 0 aliphatic carbocycles. The molecule has 0 saturated carbocycles. The number of thioether (sulfide) groups is 1. The van der Waals surface area contributed by atoms with Gasteiger partial charge in [-0.3, -0.25) is 9.69 Å². The largest absolute Gasteiger partial charge is 0.493 e. The lowest BCUT2D eigenvalue weighted by Gasteiger charge is -2.12. The Morgan fingerprint density at radius 2 is 2.12 bits per heavy atom. The van der Waals surface area contributed by atoms with E-state index in [4.69, 9.17) is 33.3 Å². The highest BCUT2D eigenvalue weighted by atomic mass is 35.5. The molecule has 0 unspecified atom stereocenters. The number of rotatable bonds is 6. The van der Waals surface area contributed by atoms with E-state index in [9.17, 15) is 9.59 Å². The second-order valence-electron chi connectivity index (χ2n) is 4.82. The Morgan fingerprint density at radius 1 is 1.40 bits per heavy atom. The first-order valence-electron chi connectivity index (χ1n) is 7.23. The van der Waals surface area contributed by atoms with Crippen molar-refractivity contribution < 1.29 is 23.8 Å². The number of carbonyl (C=O) groups excluding carboxylic acids is 2. The minimum absolute atomic E-state index is 0.140. The molecule has 25 heavy (non-hydrogen) atoms. The fourth-order valence-corrected chi connectivity index (χ4v) is 3.74. The molecule has 0 N–H and O–H groups in total. The molecule has 1 amide bonds. The Morgan fingerprint density at radius 3 is 2.68 bits per heavy atom. The summed E-state index contributed by atoms with van der Waals surface area (Å²) in [6, 6.07) is 3.28. The third-order valence-corrected chi connectivity index (χ3v) is 4.96. The summed E-state index contributed by atoms with van der Waals surface area (Å²) < 4.78 is 15.7. The maximum atomic E-state index is 12.3. The highest BCUT2D eigenvalue weighted by Gasteiger charge is 2.30. The molecule has 1 aromatic rings. The number of esters is 1. The zero-order valence-corrected chi connectivity index (χ0v) is 16.2. The number of amides is 1. The summed E-state index contributed by atoms with van der Waals surface area (Å²) in [6.07, 6.45) is 1.69. The van der Waals surface area contributed by atoms with E-state index in [-0.39, 0.29) is 23.3 Å². The van der Waals surface area contributed by atoms with Crippen molar-refractivity contribution in [3.8, 4) is 11.5 Å². The Hall–Kier alpha value is -1.77. The molecule has 1 aliphatic heterocycles. The number of benzene rings is 1. The van der Waals surface area contributed by atoms with E-state index in [1.54, 1.807) is 18.2 Å². The smallest absolute Gasteiger partial charge is 0.343 e. The van der Waals surface area contributed by atoms with E-state index >= 15 is 0 Å². The van der Waals surface area contributed by atoms with Gasteiger partial charge in [0.25, 0.3) is 5.91 Å². The first-order valence-corrected chi connectivity index (χ1v) is 8.84. The summed E-state index contributed by atoms with van der Waals surface area (Å²) in [6.45, 7) is 2.09. The van der Waals surface area contributed by atoms with Gasteiger partial charge in [-0.05, 0) is 30.7 Å². The number of hydrogen-bond acceptors (Lipinski definition) is 7. The molecule has 1 fully saturated rings. The Bertz CT molecular complexity index is 750. The van der Waals surface area contributed by atoms with E-state index < -0.39 is 5.97 Å². The van der Waals surface area contributed by atoms with Crippen LogP contribution in [-0.2, 0) is 14.3 Å².